The maximum absolute atomic E-state index is 13.1. The van der Waals surface area contributed by atoms with Crippen molar-refractivity contribution in [2.45, 2.75) is 45.4 Å². The van der Waals surface area contributed by atoms with Crippen LogP contribution in [0.5, 0.6) is 5.75 Å². The molecular weight excluding hydrogens is 537 g/mol. The van der Waals surface area contributed by atoms with Crippen molar-refractivity contribution in [1.82, 2.24) is 20.1 Å². The third-order valence-electron chi connectivity index (χ3n) is 7.11. The van der Waals surface area contributed by atoms with Gasteiger partial charge in [-0.2, -0.15) is 4.98 Å². The minimum atomic E-state index is -4.87. The number of carbonyl (C=O) groups excluding carboxylic acids is 1. The van der Waals surface area contributed by atoms with Crippen molar-refractivity contribution in [1.29, 1.82) is 0 Å². The topological polar surface area (TPSA) is 103 Å². The van der Waals surface area contributed by atoms with Gasteiger partial charge in [0.15, 0.2) is 0 Å². The first-order valence-corrected chi connectivity index (χ1v) is 13.2. The zero-order valence-corrected chi connectivity index (χ0v) is 22.2. The van der Waals surface area contributed by atoms with Gasteiger partial charge in [0.05, 0.1) is 13.0 Å². The number of ether oxygens (including phenoxy) is 2. The number of fused-ring (bicyclic) bond motifs is 3. The zero-order chi connectivity index (χ0) is 28.7. The molecule has 2 aromatic carbocycles. The molecule has 3 heterocycles. The normalized spacial score (nSPS) is 14.8. The summed E-state index contributed by atoms with van der Waals surface area (Å²) in [4.78, 5) is 24.2. The fraction of sp³-hybridized carbons (Fsp3) is 0.267. The molecule has 8 nitrogen and oxygen atoms in total. The molecule has 3 aromatic heterocycles. The molecule has 1 aliphatic rings. The molecule has 0 fully saturated rings. The van der Waals surface area contributed by atoms with E-state index in [0.717, 1.165) is 35.0 Å². The first kappa shape index (κ1) is 26.5. The summed E-state index contributed by atoms with van der Waals surface area (Å²) >= 11 is 0. The van der Waals surface area contributed by atoms with Crippen molar-refractivity contribution in [3.63, 3.8) is 0 Å². The number of rotatable bonds is 7. The third-order valence-corrected chi connectivity index (χ3v) is 7.11. The molecule has 0 amide bonds. The lowest BCUT2D eigenvalue weighted by atomic mass is 10.0. The van der Waals surface area contributed by atoms with E-state index in [0.29, 0.717) is 41.2 Å². The van der Waals surface area contributed by atoms with Crippen LogP contribution >= 0.6 is 0 Å². The lowest BCUT2D eigenvalue weighted by molar-refractivity contribution is -0.274. The molecule has 0 spiro atoms. The number of halogens is 3. The summed E-state index contributed by atoms with van der Waals surface area (Å²) in [6.07, 6.45) is -1.29. The highest BCUT2D eigenvalue weighted by molar-refractivity contribution is 5.89. The summed E-state index contributed by atoms with van der Waals surface area (Å²) < 4.78 is 54.2. The van der Waals surface area contributed by atoms with Gasteiger partial charge in [0.2, 0.25) is 5.82 Å². The number of nitrogens with one attached hydrogen (secondary N) is 1. The molecule has 0 bridgehead atoms. The van der Waals surface area contributed by atoms with Gasteiger partial charge in [-0.15, -0.1) is 13.2 Å². The first-order chi connectivity index (χ1) is 19.7. The molecule has 0 radical (unpaired) electrons. The summed E-state index contributed by atoms with van der Waals surface area (Å²) in [6.45, 7) is 3.94. The van der Waals surface area contributed by atoms with E-state index in [2.05, 4.69) is 24.8 Å². The van der Waals surface area contributed by atoms with E-state index in [4.69, 9.17) is 9.26 Å². The Bertz CT molecular complexity index is 1760. The molecule has 0 aliphatic heterocycles. The second kappa shape index (κ2) is 10.4. The SMILES string of the molecule is CCOC(=O)CC1CCc2c1[nH]c1ccc(-c3noc(-c4cc(OC(F)(F)F)cc(-c5ccnc(C)c5)c4)n3)cc21. The molecule has 1 N–H and O–H groups in total. The van der Waals surface area contributed by atoms with E-state index in [1.54, 1.807) is 38.2 Å². The Morgan fingerprint density at radius 3 is 2.68 bits per heavy atom. The fourth-order valence-electron chi connectivity index (χ4n) is 5.38. The predicted molar refractivity (Wildman–Crippen MR) is 144 cm³/mol. The number of pyridine rings is 1. The smallest absolute Gasteiger partial charge is 0.466 e. The number of hydrogen-bond acceptors (Lipinski definition) is 7. The molecule has 210 valence electrons. The Morgan fingerprint density at radius 1 is 1.07 bits per heavy atom. The number of aromatic amines is 1. The van der Waals surface area contributed by atoms with Gasteiger partial charge in [0.1, 0.15) is 5.75 Å². The Morgan fingerprint density at radius 2 is 1.90 bits per heavy atom. The van der Waals surface area contributed by atoms with Crippen LogP contribution in [-0.2, 0) is 16.0 Å². The van der Waals surface area contributed by atoms with Crippen LogP contribution in [0.4, 0.5) is 13.2 Å². The Hall–Kier alpha value is -4.67. The van der Waals surface area contributed by atoms with Gasteiger partial charge < -0.3 is 19.0 Å². The van der Waals surface area contributed by atoms with Crippen molar-refractivity contribution in [3.8, 4) is 39.7 Å². The van der Waals surface area contributed by atoms with Crippen molar-refractivity contribution in [2.75, 3.05) is 6.61 Å². The van der Waals surface area contributed by atoms with Gasteiger partial charge >= 0.3 is 12.3 Å². The lowest BCUT2D eigenvalue weighted by Crippen LogP contribution is -2.17. The number of H-pyrrole nitrogens is 1. The number of esters is 1. The number of nitrogens with zero attached hydrogens (tertiary/aromatic N) is 3. The van der Waals surface area contributed by atoms with Gasteiger partial charge in [-0.1, -0.05) is 5.16 Å². The molecule has 0 saturated heterocycles. The van der Waals surface area contributed by atoms with Gasteiger partial charge in [-0.05, 0) is 91.9 Å². The van der Waals surface area contributed by atoms with Crippen LogP contribution in [0.1, 0.15) is 42.6 Å². The molecule has 41 heavy (non-hydrogen) atoms. The maximum atomic E-state index is 13.1. The van der Waals surface area contributed by atoms with Gasteiger partial charge in [0.25, 0.3) is 5.89 Å². The van der Waals surface area contributed by atoms with Crippen LogP contribution in [0.3, 0.4) is 0 Å². The van der Waals surface area contributed by atoms with Crippen LogP contribution < -0.4 is 4.74 Å². The standard InChI is InChI=1S/C30H25F3N4O4/c1-3-39-26(38)15-18-4-6-23-24-14-19(5-7-25(24)35-27(18)23)28-36-29(41-37-28)21-11-20(17-8-9-34-16(2)10-17)12-22(13-21)40-30(31,32)33/h5,7-14,18,35H,3-4,6,15H2,1-2H3. The highest BCUT2D eigenvalue weighted by Gasteiger charge is 2.32. The van der Waals surface area contributed by atoms with Crippen LogP contribution in [0.2, 0.25) is 0 Å². The van der Waals surface area contributed by atoms with Crippen LogP contribution in [0.25, 0.3) is 44.9 Å². The van der Waals surface area contributed by atoms with E-state index >= 15 is 0 Å². The lowest BCUT2D eigenvalue weighted by Gasteiger charge is -2.12. The highest BCUT2D eigenvalue weighted by atomic mass is 19.4. The molecule has 1 aliphatic carbocycles. The fourth-order valence-corrected chi connectivity index (χ4v) is 5.38. The molecule has 1 unspecified atom stereocenters. The summed E-state index contributed by atoms with van der Waals surface area (Å²) in [5.74, 6) is -0.201. The first-order valence-electron chi connectivity index (χ1n) is 13.2. The number of aryl methyl sites for hydroxylation is 2. The number of hydrogen-bond donors (Lipinski definition) is 1. The highest BCUT2D eigenvalue weighted by Crippen LogP contribution is 2.41. The van der Waals surface area contributed by atoms with Crippen LogP contribution in [0, 0.1) is 6.92 Å². The van der Waals surface area contributed by atoms with Crippen molar-refractivity contribution < 1.29 is 32.0 Å². The van der Waals surface area contributed by atoms with Crippen molar-refractivity contribution in [2.24, 2.45) is 0 Å². The summed E-state index contributed by atoms with van der Waals surface area (Å²) in [5, 5.41) is 5.12. The van der Waals surface area contributed by atoms with E-state index < -0.39 is 12.1 Å². The Balaban J connectivity index is 1.33. The number of carbonyl (C=O) groups is 1. The van der Waals surface area contributed by atoms with Crippen molar-refractivity contribution >= 4 is 16.9 Å². The largest absolute Gasteiger partial charge is 0.573 e. The average Bonchev–Trinajstić information content (AvgIpc) is 3.64. The molecule has 0 saturated carbocycles. The zero-order valence-electron chi connectivity index (χ0n) is 22.2. The third kappa shape index (κ3) is 5.52. The maximum Gasteiger partial charge on any atom is 0.573 e. The minimum Gasteiger partial charge on any atom is -0.466 e. The van der Waals surface area contributed by atoms with E-state index in [1.807, 2.05) is 18.2 Å². The number of benzene rings is 2. The Kier molecular flexibility index (Phi) is 6.72. The average molecular weight is 563 g/mol. The molecule has 6 rings (SSSR count). The van der Waals surface area contributed by atoms with E-state index in [9.17, 15) is 18.0 Å². The molecule has 1 atom stereocenters. The van der Waals surface area contributed by atoms with Gasteiger partial charge in [-0.25, -0.2) is 0 Å². The second-order valence-corrected chi connectivity index (χ2v) is 9.93. The Labute approximate surface area is 232 Å². The van der Waals surface area contributed by atoms with Crippen LogP contribution in [-0.4, -0.2) is 39.0 Å². The quantitative estimate of drug-likeness (QED) is 0.210. The monoisotopic (exact) mass is 562 g/mol. The van der Waals surface area contributed by atoms with Gasteiger partial charge in [-0.3, -0.25) is 9.78 Å². The van der Waals surface area contributed by atoms with E-state index in [1.165, 1.54) is 12.1 Å². The number of aromatic nitrogens is 4. The molecular formula is C30H25F3N4O4. The molecule has 11 heteroatoms. The second-order valence-electron chi connectivity index (χ2n) is 9.93. The minimum absolute atomic E-state index is 0.0496. The van der Waals surface area contributed by atoms with Crippen molar-refractivity contribution in [3.05, 3.63) is 71.7 Å². The predicted octanol–water partition coefficient (Wildman–Crippen LogP) is 7.14. The van der Waals surface area contributed by atoms with E-state index in [-0.39, 0.29) is 23.3 Å². The number of alkyl halides is 3. The van der Waals surface area contributed by atoms with Crippen LogP contribution in [0.15, 0.2) is 59.3 Å². The summed E-state index contributed by atoms with van der Waals surface area (Å²) in [6, 6.07) is 13.4. The van der Waals surface area contributed by atoms with Gasteiger partial charge in [0, 0.05) is 45.5 Å². The summed E-state index contributed by atoms with van der Waals surface area (Å²) in [7, 11) is 0. The summed E-state index contributed by atoms with van der Waals surface area (Å²) in [5.41, 5.74) is 5.95. The molecule has 5 aromatic rings.